The summed E-state index contributed by atoms with van der Waals surface area (Å²) in [5.74, 6) is 1.90. The second kappa shape index (κ2) is 2.33. The van der Waals surface area contributed by atoms with Gasteiger partial charge < -0.3 is 0 Å². The predicted molar refractivity (Wildman–Crippen MR) is 61.2 cm³/mol. The van der Waals surface area contributed by atoms with E-state index in [0.29, 0.717) is 13.5 Å². The van der Waals surface area contributed by atoms with E-state index in [2.05, 4.69) is 47.8 Å². The molecule has 0 amide bonds. The van der Waals surface area contributed by atoms with E-state index in [4.69, 9.17) is 0 Å². The fourth-order valence-corrected chi connectivity index (χ4v) is 7.30. The molecule has 4 aliphatic rings. The fraction of sp³-hybridized carbons (Fsp3) is 1.00. The Hall–Kier alpha value is 1.44. The van der Waals surface area contributed by atoms with Crippen molar-refractivity contribution in [1.82, 2.24) is 0 Å². The quantitative estimate of drug-likeness (QED) is 0.620. The van der Waals surface area contributed by atoms with Crippen molar-refractivity contribution in [3.8, 4) is 0 Å². The van der Waals surface area contributed by atoms with Crippen LogP contribution in [0.5, 0.6) is 0 Å². The van der Waals surface area contributed by atoms with Crippen LogP contribution in [-0.2, 0) is 0 Å². The third kappa shape index (κ3) is 0.661. The van der Waals surface area contributed by atoms with Gasteiger partial charge in [-0.3, -0.25) is 0 Å². The molecule has 4 aliphatic carbocycles. The van der Waals surface area contributed by atoms with Crippen LogP contribution in [0, 0.1) is 17.3 Å². The first kappa shape index (κ1) is 8.72. The molecule has 4 saturated carbocycles. The van der Waals surface area contributed by atoms with Gasteiger partial charge in [0.25, 0.3) is 0 Å². The highest BCUT2D eigenvalue weighted by molar-refractivity contribution is 9.24. The second-order valence-corrected chi connectivity index (χ2v) is 9.09. The molecule has 3 heteroatoms. The average Bonchev–Trinajstić information content (AvgIpc) is 2.00. The Morgan fingerprint density at radius 1 is 1.17 bits per heavy atom. The largest absolute Gasteiger partial charge is 0.0847 e. The van der Waals surface area contributed by atoms with Gasteiger partial charge in [0.05, 0.1) is 3.74 Å². The smallest absolute Gasteiger partial charge is 0.0760 e. The van der Waals surface area contributed by atoms with Gasteiger partial charge in [0, 0.05) is 9.74 Å². The molecule has 2 atom stereocenters. The number of rotatable bonds is 1. The lowest BCUT2D eigenvalue weighted by atomic mass is 9.28. The van der Waals surface area contributed by atoms with Crippen LogP contribution in [0.4, 0.5) is 0 Å². The molecule has 0 saturated heterocycles. The molecule has 4 fully saturated rings. The van der Waals surface area contributed by atoms with E-state index >= 15 is 0 Å². The zero-order valence-electron chi connectivity index (χ0n) is 6.69. The summed E-state index contributed by atoms with van der Waals surface area (Å²) in [6.45, 7) is 0. The van der Waals surface area contributed by atoms with Crippen molar-refractivity contribution >= 4 is 47.8 Å². The fourth-order valence-electron chi connectivity index (χ4n) is 3.91. The van der Waals surface area contributed by atoms with Crippen molar-refractivity contribution < 1.29 is 0 Å². The molecular weight excluding hydrogens is 348 g/mol. The van der Waals surface area contributed by atoms with Gasteiger partial charge in [0.2, 0.25) is 0 Å². The van der Waals surface area contributed by atoms with Gasteiger partial charge in [0.15, 0.2) is 0 Å². The molecule has 0 aromatic rings. The van der Waals surface area contributed by atoms with Crippen LogP contribution >= 0.6 is 47.8 Å². The average molecular weight is 359 g/mol. The summed E-state index contributed by atoms with van der Waals surface area (Å²) >= 11 is 11.4. The number of hydrogen-bond donors (Lipinski definition) is 0. The summed E-state index contributed by atoms with van der Waals surface area (Å²) in [4.78, 5) is 0. The lowest BCUT2D eigenvalue weighted by Crippen LogP contribution is -2.82. The topological polar surface area (TPSA) is 0 Å². The van der Waals surface area contributed by atoms with Gasteiger partial charge in [-0.05, 0) is 31.1 Å². The van der Waals surface area contributed by atoms with Crippen LogP contribution in [0.15, 0.2) is 0 Å². The van der Waals surface area contributed by atoms with Crippen molar-refractivity contribution in [2.75, 3.05) is 0 Å². The van der Waals surface area contributed by atoms with Crippen LogP contribution in [0.3, 0.4) is 0 Å². The first-order valence-corrected chi connectivity index (χ1v) is 7.22. The molecule has 0 radical (unpaired) electrons. The highest BCUT2D eigenvalue weighted by Gasteiger charge is 2.83. The molecule has 4 bridgehead atoms. The van der Waals surface area contributed by atoms with Crippen molar-refractivity contribution in [2.45, 2.75) is 33.7 Å². The maximum Gasteiger partial charge on any atom is 0.0760 e. The summed E-state index contributed by atoms with van der Waals surface area (Å²) in [5.41, 5.74) is 0.627. The van der Waals surface area contributed by atoms with E-state index in [1.54, 1.807) is 0 Å². The maximum absolute atomic E-state index is 3.94. The molecule has 4 rings (SSSR count). The molecule has 0 aliphatic heterocycles. The first-order chi connectivity index (χ1) is 5.62. The lowest BCUT2D eigenvalue weighted by molar-refractivity contribution is -0.243. The molecule has 2 unspecified atom stereocenters. The van der Waals surface area contributed by atoms with Gasteiger partial charge in [-0.25, -0.2) is 0 Å². The molecule has 0 N–H and O–H groups in total. The number of hydrogen-bond acceptors (Lipinski definition) is 0. The maximum atomic E-state index is 3.94. The SMILES string of the molecule is BrC(Br)C12CC3(Br)C1CCCC32. The van der Waals surface area contributed by atoms with E-state index < -0.39 is 0 Å². The Labute approximate surface area is 98.2 Å². The zero-order valence-corrected chi connectivity index (χ0v) is 11.5. The molecule has 0 aromatic carbocycles. The van der Waals surface area contributed by atoms with E-state index in [1.807, 2.05) is 0 Å². The first-order valence-electron chi connectivity index (χ1n) is 4.59. The number of alkyl halides is 3. The molecule has 68 valence electrons. The van der Waals surface area contributed by atoms with E-state index in [1.165, 1.54) is 25.7 Å². The van der Waals surface area contributed by atoms with Crippen LogP contribution in [0.2, 0.25) is 0 Å². The van der Waals surface area contributed by atoms with E-state index in [9.17, 15) is 0 Å². The van der Waals surface area contributed by atoms with Gasteiger partial charge in [-0.1, -0.05) is 54.2 Å². The van der Waals surface area contributed by atoms with Crippen molar-refractivity contribution in [3.63, 3.8) is 0 Å². The minimum Gasteiger partial charge on any atom is -0.0847 e. The highest BCUT2D eigenvalue weighted by atomic mass is 79.9. The second-order valence-electron chi connectivity index (χ2n) is 4.55. The Bertz CT molecular complexity index is 224. The molecule has 12 heavy (non-hydrogen) atoms. The normalized spacial score (nSPS) is 61.0. The highest BCUT2D eigenvalue weighted by Crippen LogP contribution is 2.85. The summed E-state index contributed by atoms with van der Waals surface area (Å²) in [6.07, 6.45) is 5.72. The van der Waals surface area contributed by atoms with Crippen molar-refractivity contribution in [3.05, 3.63) is 0 Å². The zero-order chi connectivity index (χ0) is 8.56. The molecule has 0 aromatic heterocycles. The van der Waals surface area contributed by atoms with Crippen LogP contribution in [0.1, 0.15) is 25.7 Å². The monoisotopic (exact) mass is 356 g/mol. The molecule has 0 nitrogen and oxygen atoms in total. The molecule has 0 heterocycles. The Kier molecular flexibility index (Phi) is 1.69. The Morgan fingerprint density at radius 3 is 2.08 bits per heavy atom. The molecular formula is C9H11Br3. The number of halogens is 3. The summed E-state index contributed by atoms with van der Waals surface area (Å²) in [7, 11) is 0. The van der Waals surface area contributed by atoms with Crippen LogP contribution in [-0.4, -0.2) is 8.06 Å². The van der Waals surface area contributed by atoms with Crippen molar-refractivity contribution in [2.24, 2.45) is 17.3 Å². The summed E-state index contributed by atoms with van der Waals surface area (Å²) in [6, 6.07) is 0. The standard InChI is InChI=1S/C9H11Br3/c10-7(11)8-4-9(12)5(8)2-1-3-6(8)9/h5-7H,1-4H2. The van der Waals surface area contributed by atoms with Crippen molar-refractivity contribution in [1.29, 1.82) is 0 Å². The van der Waals surface area contributed by atoms with Gasteiger partial charge in [-0.15, -0.1) is 0 Å². The van der Waals surface area contributed by atoms with Gasteiger partial charge in [0.1, 0.15) is 0 Å². The Balaban J connectivity index is 1.95. The summed E-state index contributed by atoms with van der Waals surface area (Å²) < 4.78 is 1.12. The molecule has 0 spiro atoms. The predicted octanol–water partition coefficient (Wildman–Crippen LogP) is 4.06. The summed E-state index contributed by atoms with van der Waals surface area (Å²) in [5, 5.41) is 0. The minimum atomic E-state index is 0.548. The van der Waals surface area contributed by atoms with Crippen LogP contribution < -0.4 is 0 Å². The van der Waals surface area contributed by atoms with Gasteiger partial charge in [-0.2, -0.15) is 0 Å². The van der Waals surface area contributed by atoms with E-state index in [-0.39, 0.29) is 0 Å². The van der Waals surface area contributed by atoms with E-state index in [0.717, 1.165) is 11.8 Å². The van der Waals surface area contributed by atoms with Crippen LogP contribution in [0.25, 0.3) is 0 Å². The Morgan fingerprint density at radius 2 is 1.75 bits per heavy atom. The lowest BCUT2D eigenvalue weighted by Gasteiger charge is -2.83. The van der Waals surface area contributed by atoms with Gasteiger partial charge >= 0.3 is 0 Å². The third-order valence-corrected chi connectivity index (χ3v) is 7.52. The third-order valence-electron chi connectivity index (χ3n) is 4.43. The minimum absolute atomic E-state index is 0.548.